The third kappa shape index (κ3) is 5.62. The van der Waals surface area contributed by atoms with Gasteiger partial charge in [-0.25, -0.2) is 4.98 Å². The molecule has 172 valence electrons. The van der Waals surface area contributed by atoms with Gasteiger partial charge in [-0.1, -0.05) is 24.3 Å². The number of aryl methyl sites for hydroxylation is 2. The van der Waals surface area contributed by atoms with Crippen LogP contribution in [0.4, 0.5) is 0 Å². The van der Waals surface area contributed by atoms with Gasteiger partial charge >= 0.3 is 0 Å². The van der Waals surface area contributed by atoms with E-state index in [0.717, 1.165) is 22.0 Å². The summed E-state index contributed by atoms with van der Waals surface area (Å²) in [6.07, 6.45) is 5.59. The van der Waals surface area contributed by atoms with E-state index in [4.69, 9.17) is 15.7 Å². The molecule has 0 bridgehead atoms. The van der Waals surface area contributed by atoms with Crippen molar-refractivity contribution in [2.45, 2.75) is 58.2 Å². The molecule has 5 rings (SSSR count). The lowest BCUT2D eigenvalue weighted by Gasteiger charge is -2.24. The zero-order valence-electron chi connectivity index (χ0n) is 19.6. The highest BCUT2D eigenvalue weighted by Gasteiger charge is 2.31. The number of likely N-dealkylation sites (tertiary alicyclic amines) is 1. The SMILES string of the molecule is Cc1cnc(-c2ccc(OC(C)C)c(C#N)c2)s1.NC1CCN(C2CCc3ccccc32)C1. The summed E-state index contributed by atoms with van der Waals surface area (Å²) in [7, 11) is 0. The van der Waals surface area contributed by atoms with Gasteiger partial charge in [-0.2, -0.15) is 5.26 Å². The molecule has 1 aliphatic carbocycles. The summed E-state index contributed by atoms with van der Waals surface area (Å²) in [5, 5.41) is 10.1. The maximum absolute atomic E-state index is 9.16. The molecule has 33 heavy (non-hydrogen) atoms. The summed E-state index contributed by atoms with van der Waals surface area (Å²) in [4.78, 5) is 8.04. The minimum absolute atomic E-state index is 0.0602. The average molecular weight is 461 g/mol. The first-order chi connectivity index (χ1) is 15.9. The van der Waals surface area contributed by atoms with Gasteiger partial charge in [0.15, 0.2) is 0 Å². The van der Waals surface area contributed by atoms with Gasteiger partial charge in [-0.05, 0) is 69.4 Å². The molecule has 2 N–H and O–H groups in total. The van der Waals surface area contributed by atoms with Crippen molar-refractivity contribution in [3.8, 4) is 22.4 Å². The van der Waals surface area contributed by atoms with Crippen molar-refractivity contribution in [1.29, 1.82) is 5.26 Å². The molecular formula is C27H32N4OS. The average Bonchev–Trinajstić information content (AvgIpc) is 3.53. The van der Waals surface area contributed by atoms with Crippen LogP contribution in [-0.4, -0.2) is 35.1 Å². The molecule has 2 heterocycles. The molecule has 2 unspecified atom stereocenters. The Hall–Kier alpha value is -2.72. The molecule has 1 aliphatic heterocycles. The number of aromatic nitrogens is 1. The third-order valence-corrected chi connectivity index (χ3v) is 7.09. The van der Waals surface area contributed by atoms with Gasteiger partial charge < -0.3 is 10.5 Å². The third-order valence-electron chi connectivity index (χ3n) is 6.13. The second-order valence-corrected chi connectivity index (χ2v) is 10.3. The zero-order chi connectivity index (χ0) is 23.4. The fraction of sp³-hybridized carbons (Fsp3) is 0.407. The van der Waals surface area contributed by atoms with E-state index < -0.39 is 0 Å². The van der Waals surface area contributed by atoms with Crippen molar-refractivity contribution in [3.05, 3.63) is 70.2 Å². The van der Waals surface area contributed by atoms with E-state index in [9.17, 15) is 0 Å². The number of hydrogen-bond donors (Lipinski definition) is 1. The highest BCUT2D eigenvalue weighted by Crippen LogP contribution is 2.37. The van der Waals surface area contributed by atoms with Gasteiger partial charge in [0.2, 0.25) is 0 Å². The van der Waals surface area contributed by atoms with E-state index in [2.05, 4.69) is 40.2 Å². The summed E-state index contributed by atoms with van der Waals surface area (Å²) < 4.78 is 5.59. The molecule has 1 aromatic heterocycles. The lowest BCUT2D eigenvalue weighted by Crippen LogP contribution is -2.29. The molecule has 0 amide bonds. The van der Waals surface area contributed by atoms with E-state index in [1.807, 2.05) is 45.2 Å². The molecular weight excluding hydrogens is 428 g/mol. The smallest absolute Gasteiger partial charge is 0.137 e. The molecule has 3 aromatic rings. The Labute approximate surface area is 200 Å². The van der Waals surface area contributed by atoms with Crippen LogP contribution in [0.1, 0.15) is 54.3 Å². The van der Waals surface area contributed by atoms with Crippen molar-refractivity contribution in [1.82, 2.24) is 9.88 Å². The summed E-state index contributed by atoms with van der Waals surface area (Å²) >= 11 is 1.62. The lowest BCUT2D eigenvalue weighted by atomic mass is 10.1. The number of nitriles is 1. The highest BCUT2D eigenvalue weighted by molar-refractivity contribution is 7.14. The van der Waals surface area contributed by atoms with Gasteiger partial charge in [0, 0.05) is 41.8 Å². The van der Waals surface area contributed by atoms with E-state index in [-0.39, 0.29) is 6.10 Å². The van der Waals surface area contributed by atoms with Crippen LogP contribution in [0.2, 0.25) is 0 Å². The lowest BCUT2D eigenvalue weighted by molar-refractivity contribution is 0.242. The zero-order valence-corrected chi connectivity index (χ0v) is 20.4. The Morgan fingerprint density at radius 1 is 1.21 bits per heavy atom. The number of benzene rings is 2. The summed E-state index contributed by atoms with van der Waals surface area (Å²) in [5.74, 6) is 0.629. The van der Waals surface area contributed by atoms with Crippen molar-refractivity contribution in [2.75, 3.05) is 13.1 Å². The van der Waals surface area contributed by atoms with E-state index in [0.29, 0.717) is 23.4 Å². The molecule has 6 heteroatoms. The topological polar surface area (TPSA) is 75.2 Å². The number of rotatable bonds is 4. The molecule has 1 saturated heterocycles. The molecule has 0 spiro atoms. The molecule has 0 radical (unpaired) electrons. The quantitative estimate of drug-likeness (QED) is 0.558. The Balaban J connectivity index is 0.000000159. The van der Waals surface area contributed by atoms with Crippen molar-refractivity contribution >= 4 is 11.3 Å². The van der Waals surface area contributed by atoms with Crippen molar-refractivity contribution in [3.63, 3.8) is 0 Å². The minimum atomic E-state index is 0.0602. The number of fused-ring (bicyclic) bond motifs is 1. The van der Waals surface area contributed by atoms with Crippen LogP contribution >= 0.6 is 11.3 Å². The Bertz CT molecular complexity index is 1130. The largest absolute Gasteiger partial charge is 0.490 e. The van der Waals surface area contributed by atoms with Crippen LogP contribution in [-0.2, 0) is 6.42 Å². The maximum atomic E-state index is 9.16. The fourth-order valence-electron chi connectivity index (χ4n) is 4.61. The second-order valence-electron chi connectivity index (χ2n) is 9.06. The number of thiazole rings is 1. The van der Waals surface area contributed by atoms with Crippen molar-refractivity contribution in [2.24, 2.45) is 5.73 Å². The standard InChI is InChI=1S/C14H14N2OS.C13H18N2/c1-9(2)17-13-5-4-11(6-12(13)7-15)14-16-8-10(3)18-14;14-11-7-8-15(9-11)13-6-5-10-3-1-2-4-12(10)13/h4-6,8-9H,1-3H3;1-4,11,13H,5-9,14H2. The van der Waals surface area contributed by atoms with Crippen LogP contribution in [0.15, 0.2) is 48.7 Å². The van der Waals surface area contributed by atoms with Crippen LogP contribution in [0, 0.1) is 18.3 Å². The maximum Gasteiger partial charge on any atom is 0.137 e. The van der Waals surface area contributed by atoms with Crippen LogP contribution in [0.25, 0.3) is 10.6 Å². The van der Waals surface area contributed by atoms with Crippen LogP contribution in [0.5, 0.6) is 5.75 Å². The molecule has 2 aromatic carbocycles. The van der Waals surface area contributed by atoms with Gasteiger partial charge in [-0.3, -0.25) is 4.90 Å². The summed E-state index contributed by atoms with van der Waals surface area (Å²) in [5.41, 5.74) is 10.6. The van der Waals surface area contributed by atoms with E-state index in [1.54, 1.807) is 22.5 Å². The van der Waals surface area contributed by atoms with Gasteiger partial charge in [0.1, 0.15) is 16.8 Å². The number of nitrogens with zero attached hydrogens (tertiary/aromatic N) is 3. The number of nitrogens with two attached hydrogens (primary N) is 1. The predicted octanol–water partition coefficient (Wildman–Crippen LogP) is 5.48. The normalized spacial score (nSPS) is 19.6. The van der Waals surface area contributed by atoms with Gasteiger partial charge in [-0.15, -0.1) is 11.3 Å². The minimum Gasteiger partial charge on any atom is -0.490 e. The fourth-order valence-corrected chi connectivity index (χ4v) is 5.37. The van der Waals surface area contributed by atoms with Crippen LogP contribution in [0.3, 0.4) is 0 Å². The first-order valence-corrected chi connectivity index (χ1v) is 12.5. The monoisotopic (exact) mass is 460 g/mol. The number of ether oxygens (including phenoxy) is 1. The Morgan fingerprint density at radius 2 is 2.03 bits per heavy atom. The first kappa shape index (κ1) is 23.4. The summed E-state index contributed by atoms with van der Waals surface area (Å²) in [6.45, 7) is 8.17. The highest BCUT2D eigenvalue weighted by atomic mass is 32.1. The van der Waals surface area contributed by atoms with E-state index >= 15 is 0 Å². The van der Waals surface area contributed by atoms with Crippen molar-refractivity contribution < 1.29 is 4.74 Å². The molecule has 1 fully saturated rings. The molecule has 2 atom stereocenters. The molecule has 5 nitrogen and oxygen atoms in total. The van der Waals surface area contributed by atoms with E-state index in [1.165, 1.54) is 25.8 Å². The Morgan fingerprint density at radius 3 is 2.70 bits per heavy atom. The summed E-state index contributed by atoms with van der Waals surface area (Å²) in [6, 6.07) is 17.7. The molecule has 2 aliphatic rings. The predicted molar refractivity (Wildman–Crippen MR) is 134 cm³/mol. The second kappa shape index (κ2) is 10.5. The number of hydrogen-bond acceptors (Lipinski definition) is 6. The van der Waals surface area contributed by atoms with Gasteiger partial charge in [0.25, 0.3) is 0 Å². The Kier molecular flexibility index (Phi) is 7.44. The molecule has 0 saturated carbocycles. The first-order valence-electron chi connectivity index (χ1n) is 11.7. The van der Waals surface area contributed by atoms with Crippen LogP contribution < -0.4 is 10.5 Å². The van der Waals surface area contributed by atoms with Gasteiger partial charge in [0.05, 0.1) is 11.7 Å².